The summed E-state index contributed by atoms with van der Waals surface area (Å²) in [7, 11) is 0. The predicted molar refractivity (Wildman–Crippen MR) is 49.3 cm³/mol. The SMILES string of the molecule is O=C(O)C1CC(F)(COCC(F)F)CCN1. The molecular formula is C9H14F3NO3. The van der Waals surface area contributed by atoms with Crippen molar-refractivity contribution >= 4 is 5.97 Å². The largest absolute Gasteiger partial charge is 0.480 e. The summed E-state index contributed by atoms with van der Waals surface area (Å²) in [6, 6.07) is -0.978. The maximum atomic E-state index is 14.0. The van der Waals surface area contributed by atoms with Crippen LogP contribution in [-0.4, -0.2) is 49.0 Å². The van der Waals surface area contributed by atoms with Crippen LogP contribution in [0.4, 0.5) is 13.2 Å². The van der Waals surface area contributed by atoms with Crippen molar-refractivity contribution in [3.8, 4) is 0 Å². The first-order valence-corrected chi connectivity index (χ1v) is 4.94. The number of halogens is 3. The average molecular weight is 241 g/mol. The third-order valence-electron chi connectivity index (χ3n) is 2.44. The fourth-order valence-corrected chi connectivity index (χ4v) is 1.65. The van der Waals surface area contributed by atoms with Gasteiger partial charge in [-0.2, -0.15) is 0 Å². The minimum atomic E-state index is -2.64. The molecule has 94 valence electrons. The molecule has 7 heteroatoms. The molecule has 0 aromatic carbocycles. The lowest BCUT2D eigenvalue weighted by Crippen LogP contribution is -2.51. The molecule has 1 fully saturated rings. The lowest BCUT2D eigenvalue weighted by molar-refractivity contribution is -0.142. The van der Waals surface area contributed by atoms with E-state index in [2.05, 4.69) is 10.1 Å². The Morgan fingerprint density at radius 2 is 2.31 bits per heavy atom. The second kappa shape index (κ2) is 5.49. The van der Waals surface area contributed by atoms with Crippen LogP contribution in [0.3, 0.4) is 0 Å². The number of alkyl halides is 3. The lowest BCUT2D eigenvalue weighted by atomic mass is 9.90. The average Bonchev–Trinajstić information content (AvgIpc) is 2.16. The van der Waals surface area contributed by atoms with E-state index in [1.54, 1.807) is 0 Å². The Bertz CT molecular complexity index is 252. The summed E-state index contributed by atoms with van der Waals surface area (Å²) in [5.74, 6) is -1.14. The summed E-state index contributed by atoms with van der Waals surface area (Å²) in [4.78, 5) is 10.6. The van der Waals surface area contributed by atoms with Crippen molar-refractivity contribution in [3.63, 3.8) is 0 Å². The van der Waals surface area contributed by atoms with Crippen LogP contribution in [0.2, 0.25) is 0 Å². The Morgan fingerprint density at radius 3 is 2.88 bits per heavy atom. The first-order valence-electron chi connectivity index (χ1n) is 4.94. The number of carboxylic acid groups (broad SMARTS) is 1. The molecule has 1 rings (SSSR count). The highest BCUT2D eigenvalue weighted by atomic mass is 19.3. The summed E-state index contributed by atoms with van der Waals surface area (Å²) >= 11 is 0. The van der Waals surface area contributed by atoms with E-state index >= 15 is 0 Å². The lowest BCUT2D eigenvalue weighted by Gasteiger charge is -2.33. The van der Waals surface area contributed by atoms with Gasteiger partial charge in [-0.3, -0.25) is 4.79 Å². The van der Waals surface area contributed by atoms with Gasteiger partial charge < -0.3 is 15.2 Å². The molecule has 2 N–H and O–H groups in total. The Kier molecular flexibility index (Phi) is 4.55. The van der Waals surface area contributed by atoms with Crippen LogP contribution < -0.4 is 5.32 Å². The number of rotatable bonds is 5. The maximum absolute atomic E-state index is 14.0. The topological polar surface area (TPSA) is 58.6 Å². The Morgan fingerprint density at radius 1 is 1.62 bits per heavy atom. The van der Waals surface area contributed by atoms with Gasteiger partial charge in [0.25, 0.3) is 6.43 Å². The summed E-state index contributed by atoms with van der Waals surface area (Å²) < 4.78 is 42.0. The van der Waals surface area contributed by atoms with Crippen molar-refractivity contribution < 1.29 is 27.8 Å². The molecule has 0 amide bonds. The fourth-order valence-electron chi connectivity index (χ4n) is 1.65. The molecule has 0 aliphatic carbocycles. The Balaban J connectivity index is 2.40. The molecule has 1 heterocycles. The highest BCUT2D eigenvalue weighted by Crippen LogP contribution is 2.26. The number of hydrogen-bond acceptors (Lipinski definition) is 3. The van der Waals surface area contributed by atoms with Gasteiger partial charge >= 0.3 is 5.97 Å². The van der Waals surface area contributed by atoms with Gasteiger partial charge in [0.05, 0.1) is 6.61 Å². The first-order chi connectivity index (χ1) is 7.43. The van der Waals surface area contributed by atoms with Gasteiger partial charge in [0, 0.05) is 6.42 Å². The van der Waals surface area contributed by atoms with E-state index in [-0.39, 0.29) is 19.4 Å². The second-order valence-electron chi connectivity index (χ2n) is 3.86. The minimum absolute atomic E-state index is 0.0695. The molecule has 2 atom stereocenters. The zero-order chi connectivity index (χ0) is 12.2. The summed E-state index contributed by atoms with van der Waals surface area (Å²) in [5, 5.41) is 11.3. The van der Waals surface area contributed by atoms with E-state index in [4.69, 9.17) is 5.11 Å². The molecule has 0 spiro atoms. The van der Waals surface area contributed by atoms with Gasteiger partial charge in [-0.1, -0.05) is 0 Å². The van der Waals surface area contributed by atoms with Crippen molar-refractivity contribution in [2.45, 2.75) is 31.0 Å². The van der Waals surface area contributed by atoms with E-state index in [0.29, 0.717) is 0 Å². The van der Waals surface area contributed by atoms with E-state index in [1.165, 1.54) is 0 Å². The molecule has 0 saturated carbocycles. The standard InChI is InChI=1S/C9H14F3NO3/c10-7(11)4-16-5-9(12)1-2-13-6(3-9)8(14)15/h6-7,13H,1-5H2,(H,14,15). The van der Waals surface area contributed by atoms with Crippen LogP contribution in [0.1, 0.15) is 12.8 Å². The third kappa shape index (κ3) is 3.97. The molecule has 2 unspecified atom stereocenters. The molecule has 0 aromatic rings. The van der Waals surface area contributed by atoms with Crippen LogP contribution in [0.15, 0.2) is 0 Å². The van der Waals surface area contributed by atoms with E-state index in [0.717, 1.165) is 0 Å². The van der Waals surface area contributed by atoms with E-state index in [9.17, 15) is 18.0 Å². The molecule has 1 aliphatic heterocycles. The van der Waals surface area contributed by atoms with Crippen molar-refractivity contribution in [2.24, 2.45) is 0 Å². The summed E-state index contributed by atoms with van der Waals surface area (Å²) in [6.07, 6.45) is -2.83. The highest BCUT2D eigenvalue weighted by molar-refractivity contribution is 5.73. The zero-order valence-electron chi connectivity index (χ0n) is 8.59. The monoisotopic (exact) mass is 241 g/mol. The zero-order valence-corrected chi connectivity index (χ0v) is 8.59. The molecule has 4 nitrogen and oxygen atoms in total. The van der Waals surface area contributed by atoms with Crippen molar-refractivity contribution in [2.75, 3.05) is 19.8 Å². The molecule has 0 radical (unpaired) electrons. The van der Waals surface area contributed by atoms with Crippen LogP contribution in [0, 0.1) is 0 Å². The van der Waals surface area contributed by atoms with Gasteiger partial charge in [0.15, 0.2) is 0 Å². The number of carboxylic acids is 1. The molecule has 16 heavy (non-hydrogen) atoms. The maximum Gasteiger partial charge on any atom is 0.320 e. The van der Waals surface area contributed by atoms with E-state index < -0.39 is 37.3 Å². The molecule has 1 aliphatic rings. The van der Waals surface area contributed by atoms with Gasteiger partial charge in [-0.05, 0) is 13.0 Å². The van der Waals surface area contributed by atoms with Crippen LogP contribution >= 0.6 is 0 Å². The van der Waals surface area contributed by atoms with Crippen molar-refractivity contribution in [1.29, 1.82) is 0 Å². The Hall–Kier alpha value is -0.820. The second-order valence-corrected chi connectivity index (χ2v) is 3.86. The third-order valence-corrected chi connectivity index (χ3v) is 2.44. The quantitative estimate of drug-likeness (QED) is 0.748. The Labute approximate surface area is 90.8 Å². The number of nitrogens with one attached hydrogen (secondary N) is 1. The molecule has 0 aromatic heterocycles. The van der Waals surface area contributed by atoms with Crippen molar-refractivity contribution in [1.82, 2.24) is 5.32 Å². The number of carbonyl (C=O) groups is 1. The van der Waals surface area contributed by atoms with Gasteiger partial charge in [0.2, 0.25) is 0 Å². The normalized spacial score (nSPS) is 30.6. The number of hydrogen-bond donors (Lipinski definition) is 2. The van der Waals surface area contributed by atoms with Gasteiger partial charge in [-0.15, -0.1) is 0 Å². The molecule has 0 bridgehead atoms. The smallest absolute Gasteiger partial charge is 0.320 e. The molecule has 1 saturated heterocycles. The summed E-state index contributed by atoms with van der Waals surface area (Å²) in [5.41, 5.74) is -1.83. The van der Waals surface area contributed by atoms with Crippen molar-refractivity contribution in [3.05, 3.63) is 0 Å². The number of aliphatic carboxylic acids is 1. The van der Waals surface area contributed by atoms with Gasteiger partial charge in [-0.25, -0.2) is 13.2 Å². The highest BCUT2D eigenvalue weighted by Gasteiger charge is 2.39. The number of piperidine rings is 1. The van der Waals surface area contributed by atoms with Gasteiger partial charge in [0.1, 0.15) is 18.3 Å². The van der Waals surface area contributed by atoms with Crippen LogP contribution in [0.25, 0.3) is 0 Å². The first kappa shape index (κ1) is 13.2. The fraction of sp³-hybridized carbons (Fsp3) is 0.889. The minimum Gasteiger partial charge on any atom is -0.480 e. The van der Waals surface area contributed by atoms with Crippen LogP contribution in [-0.2, 0) is 9.53 Å². The van der Waals surface area contributed by atoms with E-state index in [1.807, 2.05) is 0 Å². The number of ether oxygens (including phenoxy) is 1. The molecular weight excluding hydrogens is 227 g/mol. The summed E-state index contributed by atoms with van der Waals surface area (Å²) in [6.45, 7) is -1.11. The predicted octanol–water partition coefficient (Wildman–Crippen LogP) is 0.813. The van der Waals surface area contributed by atoms with Crippen LogP contribution in [0.5, 0.6) is 0 Å².